The minimum Gasteiger partial charge on any atom is -0.387 e. The van der Waals surface area contributed by atoms with E-state index in [0.29, 0.717) is 0 Å². The highest BCUT2D eigenvalue weighted by atomic mass is 35.5. The van der Waals surface area contributed by atoms with E-state index in [1.165, 1.54) is 11.3 Å². The van der Waals surface area contributed by atoms with E-state index in [0.717, 1.165) is 9.21 Å². The zero-order valence-corrected chi connectivity index (χ0v) is 8.12. The van der Waals surface area contributed by atoms with Gasteiger partial charge >= 0.3 is 0 Å². The van der Waals surface area contributed by atoms with Crippen molar-refractivity contribution >= 4 is 22.9 Å². The van der Waals surface area contributed by atoms with Gasteiger partial charge in [0.25, 0.3) is 0 Å². The first kappa shape index (κ1) is 9.04. The van der Waals surface area contributed by atoms with Gasteiger partial charge in [0.05, 0.1) is 10.4 Å². The first-order chi connectivity index (χ1) is 5.11. The van der Waals surface area contributed by atoms with Gasteiger partial charge in [-0.3, -0.25) is 0 Å². The molecule has 11 heavy (non-hydrogen) atoms. The first-order valence-corrected chi connectivity index (χ1v) is 4.74. The number of aliphatic hydroxyl groups excluding tert-OH is 1. The Kier molecular flexibility index (Phi) is 2.93. The monoisotopic (exact) mass is 190 g/mol. The fraction of sp³-hybridized carbons (Fsp3) is 0.500. The molecule has 1 nitrogen and oxygen atoms in total. The third kappa shape index (κ3) is 2.19. The van der Waals surface area contributed by atoms with Crippen molar-refractivity contribution < 1.29 is 5.11 Å². The second-order valence-electron chi connectivity index (χ2n) is 2.83. The Morgan fingerprint density at radius 2 is 2.09 bits per heavy atom. The summed E-state index contributed by atoms with van der Waals surface area (Å²) in [5, 5.41) is 9.56. The van der Waals surface area contributed by atoms with Crippen LogP contribution in [0.3, 0.4) is 0 Å². The second-order valence-corrected chi connectivity index (χ2v) is 4.58. The van der Waals surface area contributed by atoms with Crippen LogP contribution in [0.25, 0.3) is 0 Å². The molecule has 0 bridgehead atoms. The summed E-state index contributed by atoms with van der Waals surface area (Å²) in [6, 6.07) is 3.69. The van der Waals surface area contributed by atoms with Gasteiger partial charge in [-0.2, -0.15) is 0 Å². The fourth-order valence-corrected chi connectivity index (χ4v) is 2.04. The van der Waals surface area contributed by atoms with Gasteiger partial charge < -0.3 is 5.11 Å². The normalized spacial score (nSPS) is 13.9. The van der Waals surface area contributed by atoms with E-state index in [1.54, 1.807) is 0 Å². The summed E-state index contributed by atoms with van der Waals surface area (Å²) in [6.45, 7) is 3.97. The molecule has 1 atom stereocenters. The summed E-state index contributed by atoms with van der Waals surface area (Å²) in [5.74, 6) is 0.254. The van der Waals surface area contributed by atoms with E-state index >= 15 is 0 Å². The fourth-order valence-electron chi connectivity index (χ4n) is 0.816. The SMILES string of the molecule is CC(C)C(O)c1ccc(Cl)s1. The first-order valence-electron chi connectivity index (χ1n) is 3.54. The van der Waals surface area contributed by atoms with Gasteiger partial charge in [0, 0.05) is 4.88 Å². The molecule has 0 saturated carbocycles. The Labute approximate surface area is 75.6 Å². The molecule has 0 saturated heterocycles. The minimum atomic E-state index is -0.368. The lowest BCUT2D eigenvalue weighted by atomic mass is 10.1. The summed E-state index contributed by atoms with van der Waals surface area (Å²) in [5.41, 5.74) is 0. The number of halogens is 1. The van der Waals surface area contributed by atoms with Crippen molar-refractivity contribution in [2.45, 2.75) is 20.0 Å². The largest absolute Gasteiger partial charge is 0.387 e. The predicted molar refractivity (Wildman–Crippen MR) is 49.1 cm³/mol. The second kappa shape index (κ2) is 3.57. The molecule has 0 radical (unpaired) electrons. The van der Waals surface area contributed by atoms with Gasteiger partial charge in [0.15, 0.2) is 0 Å². The highest BCUT2D eigenvalue weighted by Crippen LogP contribution is 2.30. The molecule has 0 aliphatic carbocycles. The van der Waals surface area contributed by atoms with Crippen molar-refractivity contribution in [1.82, 2.24) is 0 Å². The average Bonchev–Trinajstić information content (AvgIpc) is 2.34. The number of hydrogen-bond donors (Lipinski definition) is 1. The molecule has 62 valence electrons. The Balaban J connectivity index is 2.76. The number of rotatable bonds is 2. The molecular weight excluding hydrogens is 180 g/mol. The Morgan fingerprint density at radius 1 is 1.45 bits per heavy atom. The van der Waals surface area contributed by atoms with Crippen LogP contribution in [0.4, 0.5) is 0 Å². The zero-order valence-electron chi connectivity index (χ0n) is 6.54. The van der Waals surface area contributed by atoms with Crippen molar-refractivity contribution in [2.75, 3.05) is 0 Å². The van der Waals surface area contributed by atoms with Gasteiger partial charge in [0.2, 0.25) is 0 Å². The van der Waals surface area contributed by atoms with Crippen LogP contribution in [0.2, 0.25) is 4.34 Å². The van der Waals surface area contributed by atoms with Crippen LogP contribution in [0, 0.1) is 5.92 Å². The lowest BCUT2D eigenvalue weighted by Crippen LogP contribution is -2.02. The van der Waals surface area contributed by atoms with E-state index in [1.807, 2.05) is 26.0 Å². The van der Waals surface area contributed by atoms with Crippen LogP contribution in [-0.4, -0.2) is 5.11 Å². The minimum absolute atomic E-state index is 0.254. The average molecular weight is 191 g/mol. The summed E-state index contributed by atoms with van der Waals surface area (Å²) in [6.07, 6.45) is -0.368. The van der Waals surface area contributed by atoms with Crippen molar-refractivity contribution in [3.63, 3.8) is 0 Å². The maximum Gasteiger partial charge on any atom is 0.0932 e. The van der Waals surface area contributed by atoms with Gasteiger partial charge in [-0.05, 0) is 18.1 Å². The molecule has 3 heteroatoms. The quantitative estimate of drug-likeness (QED) is 0.760. The maximum absolute atomic E-state index is 9.56. The van der Waals surface area contributed by atoms with Crippen LogP contribution in [0.1, 0.15) is 24.8 Å². The van der Waals surface area contributed by atoms with Crippen molar-refractivity contribution in [3.05, 3.63) is 21.3 Å². The predicted octanol–water partition coefficient (Wildman–Crippen LogP) is 3.09. The van der Waals surface area contributed by atoms with Crippen molar-refractivity contribution in [2.24, 2.45) is 5.92 Å². The Hall–Kier alpha value is -0.0500. The molecular formula is C8H11ClOS. The molecule has 0 aromatic carbocycles. The molecule has 0 aliphatic rings. The summed E-state index contributed by atoms with van der Waals surface area (Å²) >= 11 is 7.16. The molecule has 1 unspecified atom stereocenters. The number of hydrogen-bond acceptors (Lipinski definition) is 2. The van der Waals surface area contributed by atoms with Crippen molar-refractivity contribution in [1.29, 1.82) is 0 Å². The summed E-state index contributed by atoms with van der Waals surface area (Å²) in [4.78, 5) is 0.949. The third-order valence-corrected chi connectivity index (χ3v) is 2.82. The van der Waals surface area contributed by atoms with Crippen molar-refractivity contribution in [3.8, 4) is 0 Å². The van der Waals surface area contributed by atoms with Crippen LogP contribution in [0.5, 0.6) is 0 Å². The molecule has 1 aromatic rings. The lowest BCUT2D eigenvalue weighted by molar-refractivity contribution is 0.130. The Morgan fingerprint density at radius 3 is 2.45 bits per heavy atom. The number of thiophene rings is 1. The topological polar surface area (TPSA) is 20.2 Å². The molecule has 1 N–H and O–H groups in total. The summed E-state index contributed by atoms with van der Waals surface area (Å²) < 4.78 is 0.736. The van der Waals surface area contributed by atoms with Gasteiger partial charge in [0.1, 0.15) is 0 Å². The van der Waals surface area contributed by atoms with E-state index in [4.69, 9.17) is 11.6 Å². The smallest absolute Gasteiger partial charge is 0.0932 e. The zero-order chi connectivity index (χ0) is 8.43. The molecule has 0 fully saturated rings. The van der Waals surface area contributed by atoms with E-state index in [9.17, 15) is 5.11 Å². The van der Waals surface area contributed by atoms with Gasteiger partial charge in [-0.15, -0.1) is 11.3 Å². The van der Waals surface area contributed by atoms with Crippen LogP contribution in [0.15, 0.2) is 12.1 Å². The highest BCUT2D eigenvalue weighted by molar-refractivity contribution is 7.16. The Bertz CT molecular complexity index is 232. The number of aliphatic hydroxyl groups is 1. The van der Waals surface area contributed by atoms with E-state index < -0.39 is 0 Å². The van der Waals surface area contributed by atoms with Gasteiger partial charge in [-0.1, -0.05) is 25.4 Å². The standard InChI is InChI=1S/C8H11ClOS/c1-5(2)8(10)6-3-4-7(9)11-6/h3-5,8,10H,1-2H3. The molecule has 1 aromatic heterocycles. The highest BCUT2D eigenvalue weighted by Gasteiger charge is 2.13. The van der Waals surface area contributed by atoms with E-state index in [-0.39, 0.29) is 12.0 Å². The third-order valence-electron chi connectivity index (χ3n) is 1.52. The van der Waals surface area contributed by atoms with Gasteiger partial charge in [-0.25, -0.2) is 0 Å². The molecule has 0 spiro atoms. The van der Waals surface area contributed by atoms with Crippen LogP contribution >= 0.6 is 22.9 Å². The molecule has 0 aliphatic heterocycles. The van der Waals surface area contributed by atoms with E-state index in [2.05, 4.69) is 0 Å². The molecule has 1 rings (SSSR count). The van der Waals surface area contributed by atoms with Crippen LogP contribution < -0.4 is 0 Å². The van der Waals surface area contributed by atoms with Crippen LogP contribution in [-0.2, 0) is 0 Å². The molecule has 1 heterocycles. The molecule has 0 amide bonds. The summed E-state index contributed by atoms with van der Waals surface area (Å²) in [7, 11) is 0. The lowest BCUT2D eigenvalue weighted by Gasteiger charge is -2.11. The maximum atomic E-state index is 9.56.